The summed E-state index contributed by atoms with van der Waals surface area (Å²) in [6, 6.07) is 10.6. The predicted octanol–water partition coefficient (Wildman–Crippen LogP) is 4.39. The number of anilines is 2. The molecule has 2 amide bonds. The van der Waals surface area contributed by atoms with Gasteiger partial charge in [-0.05, 0) is 36.8 Å². The topological polar surface area (TPSA) is 95.9 Å². The van der Waals surface area contributed by atoms with Crippen molar-refractivity contribution in [3.8, 4) is 5.75 Å². The van der Waals surface area contributed by atoms with Crippen LogP contribution in [0, 0.1) is 12.7 Å². The first-order valence-electron chi connectivity index (χ1n) is 10.7. The highest BCUT2D eigenvalue weighted by Crippen LogP contribution is 2.33. The maximum Gasteiger partial charge on any atom is 0.259 e. The van der Waals surface area contributed by atoms with Crippen LogP contribution in [0.1, 0.15) is 31.8 Å². The zero-order chi connectivity index (χ0) is 25.1. The van der Waals surface area contributed by atoms with Crippen molar-refractivity contribution in [2.75, 3.05) is 37.9 Å². The van der Waals surface area contributed by atoms with E-state index in [1.165, 1.54) is 31.4 Å². The minimum absolute atomic E-state index is 0.0315. The zero-order valence-electron chi connectivity index (χ0n) is 19.4. The van der Waals surface area contributed by atoms with E-state index in [4.69, 9.17) is 16.3 Å². The average Bonchev–Trinajstić information content (AvgIpc) is 3.26. The molecule has 0 spiro atoms. The lowest BCUT2D eigenvalue weighted by Crippen LogP contribution is -2.24. The number of aromatic nitrogens is 1. The number of carbonyl (C=O) groups excluding carboxylic acids is 2. The highest BCUT2D eigenvalue weighted by Gasteiger charge is 2.23. The number of halogens is 2. The van der Waals surface area contributed by atoms with Crippen LogP contribution in [0.5, 0.6) is 5.75 Å². The second-order valence-corrected chi connectivity index (χ2v) is 8.42. The molecule has 1 aliphatic heterocycles. The predicted molar refractivity (Wildman–Crippen MR) is 133 cm³/mol. The molecule has 0 bridgehead atoms. The minimum atomic E-state index is -0.751. The molecule has 2 N–H and O–H groups in total. The van der Waals surface area contributed by atoms with Crippen molar-refractivity contribution in [3.63, 3.8) is 0 Å². The Balaban J connectivity index is 1.63. The third-order valence-corrected chi connectivity index (χ3v) is 5.67. The van der Waals surface area contributed by atoms with Gasteiger partial charge in [-0.25, -0.2) is 9.37 Å². The van der Waals surface area contributed by atoms with Crippen LogP contribution in [0.4, 0.5) is 15.9 Å². The maximum atomic E-state index is 14.9. The summed E-state index contributed by atoms with van der Waals surface area (Å²) >= 11 is 6.18. The number of pyridine rings is 1. The third-order valence-electron chi connectivity index (χ3n) is 5.45. The van der Waals surface area contributed by atoms with E-state index in [9.17, 15) is 14.0 Å². The number of carbonyl (C=O) groups is 2. The van der Waals surface area contributed by atoms with Gasteiger partial charge in [0.2, 0.25) is 0 Å². The number of hydrogen-bond donors (Lipinski definition) is 2. The van der Waals surface area contributed by atoms with Crippen molar-refractivity contribution in [1.29, 1.82) is 0 Å². The normalized spacial score (nSPS) is 12.8. The maximum absolute atomic E-state index is 14.9. The number of ether oxygens (including phenoxy) is 1. The molecule has 0 atom stereocenters. The van der Waals surface area contributed by atoms with Crippen LogP contribution in [0.15, 0.2) is 53.7 Å². The van der Waals surface area contributed by atoms with Crippen LogP contribution in [0.2, 0.25) is 5.02 Å². The summed E-state index contributed by atoms with van der Waals surface area (Å²) in [5.41, 5.74) is 1.39. The Hall–Kier alpha value is -3.98. The van der Waals surface area contributed by atoms with Gasteiger partial charge in [0, 0.05) is 36.4 Å². The largest absolute Gasteiger partial charge is 0.494 e. The van der Waals surface area contributed by atoms with E-state index in [0.717, 1.165) is 12.1 Å². The Labute approximate surface area is 206 Å². The Morgan fingerprint density at radius 3 is 2.49 bits per heavy atom. The number of hydrogen-bond acceptors (Lipinski definition) is 6. The van der Waals surface area contributed by atoms with Gasteiger partial charge >= 0.3 is 0 Å². The van der Waals surface area contributed by atoms with Gasteiger partial charge in [0.05, 0.1) is 30.5 Å². The first-order chi connectivity index (χ1) is 16.8. The van der Waals surface area contributed by atoms with Gasteiger partial charge in [0.15, 0.2) is 0 Å². The average molecular weight is 496 g/mol. The first kappa shape index (κ1) is 24.2. The number of likely N-dealkylation sites (N-methyl/N-ethyl adjacent to an activating group) is 1. The lowest BCUT2D eigenvalue weighted by Gasteiger charge is -2.17. The van der Waals surface area contributed by atoms with Crippen molar-refractivity contribution in [2.24, 2.45) is 4.99 Å². The quantitative estimate of drug-likeness (QED) is 0.529. The molecule has 0 saturated carbocycles. The molecule has 0 fully saturated rings. The van der Waals surface area contributed by atoms with Gasteiger partial charge in [-0.15, -0.1) is 0 Å². The fourth-order valence-corrected chi connectivity index (χ4v) is 3.85. The number of aryl methyl sites for hydroxylation is 1. The van der Waals surface area contributed by atoms with Crippen molar-refractivity contribution >= 4 is 40.8 Å². The molecule has 0 aliphatic carbocycles. The minimum Gasteiger partial charge on any atom is -0.494 e. The van der Waals surface area contributed by atoms with Gasteiger partial charge < -0.3 is 20.3 Å². The summed E-state index contributed by atoms with van der Waals surface area (Å²) in [5.74, 6) is -0.913. The Kier molecular flexibility index (Phi) is 6.97. The molecule has 0 radical (unpaired) electrons. The van der Waals surface area contributed by atoms with Crippen LogP contribution in [0.25, 0.3) is 0 Å². The number of aliphatic imine (C=N–C) groups is 1. The van der Waals surface area contributed by atoms with Gasteiger partial charge in [-0.2, -0.15) is 0 Å². The fraction of sp³-hybridized carbons (Fsp3) is 0.200. The molecule has 4 rings (SSSR count). The van der Waals surface area contributed by atoms with E-state index in [-0.39, 0.29) is 27.6 Å². The van der Waals surface area contributed by atoms with E-state index < -0.39 is 17.6 Å². The molecule has 3 aromatic rings. The molecule has 0 saturated heterocycles. The van der Waals surface area contributed by atoms with E-state index in [2.05, 4.69) is 20.6 Å². The molecule has 8 nitrogen and oxygen atoms in total. The number of methoxy groups -OCH3 is 1. The fourth-order valence-electron chi connectivity index (χ4n) is 3.64. The number of amidine groups is 1. The Morgan fingerprint density at radius 2 is 1.86 bits per heavy atom. The second-order valence-electron chi connectivity index (χ2n) is 7.98. The van der Waals surface area contributed by atoms with Gasteiger partial charge in [-0.3, -0.25) is 14.6 Å². The lowest BCUT2D eigenvalue weighted by atomic mass is 10.1. The van der Waals surface area contributed by atoms with E-state index in [0.29, 0.717) is 23.8 Å². The Morgan fingerprint density at radius 1 is 1.09 bits per heavy atom. The number of rotatable bonds is 6. The zero-order valence-corrected chi connectivity index (χ0v) is 20.1. The Bertz CT molecular complexity index is 1330. The number of benzene rings is 2. The van der Waals surface area contributed by atoms with E-state index in [1.807, 2.05) is 18.9 Å². The lowest BCUT2D eigenvalue weighted by molar-refractivity contribution is 0.102. The molecule has 35 heavy (non-hydrogen) atoms. The third kappa shape index (κ3) is 5.25. The SMILES string of the molecule is COc1cc(Cl)cc(C(=O)Nc2ccc(C)cn2)c1NC(=O)c1ccc(C2=NCCN2C)cc1F. The van der Waals surface area contributed by atoms with Crippen LogP contribution >= 0.6 is 11.6 Å². The van der Waals surface area contributed by atoms with E-state index in [1.54, 1.807) is 24.4 Å². The second kappa shape index (κ2) is 10.1. The first-order valence-corrected chi connectivity index (χ1v) is 11.1. The van der Waals surface area contributed by atoms with E-state index >= 15 is 0 Å². The van der Waals surface area contributed by atoms with Crippen molar-refractivity contribution in [3.05, 3.63) is 81.8 Å². The van der Waals surface area contributed by atoms with Gasteiger partial charge in [-0.1, -0.05) is 23.7 Å². The summed E-state index contributed by atoms with van der Waals surface area (Å²) in [4.78, 5) is 36.5. The van der Waals surface area contributed by atoms with Gasteiger partial charge in [0.1, 0.15) is 23.2 Å². The highest BCUT2D eigenvalue weighted by atomic mass is 35.5. The number of nitrogens with zero attached hydrogens (tertiary/aromatic N) is 3. The number of nitrogens with one attached hydrogen (secondary N) is 2. The molecule has 2 aromatic carbocycles. The molecule has 1 aliphatic rings. The molecular formula is C25H23ClFN5O3. The molecular weight excluding hydrogens is 473 g/mol. The molecule has 180 valence electrons. The molecule has 10 heteroatoms. The van der Waals surface area contributed by atoms with Crippen molar-refractivity contribution in [1.82, 2.24) is 9.88 Å². The van der Waals surface area contributed by atoms with Crippen LogP contribution in [-0.4, -0.2) is 54.8 Å². The molecule has 2 heterocycles. The summed E-state index contributed by atoms with van der Waals surface area (Å²) in [5, 5.41) is 5.49. The summed E-state index contributed by atoms with van der Waals surface area (Å²) in [7, 11) is 3.24. The summed E-state index contributed by atoms with van der Waals surface area (Å²) < 4.78 is 20.3. The smallest absolute Gasteiger partial charge is 0.259 e. The molecule has 0 unspecified atom stereocenters. The van der Waals surface area contributed by atoms with Crippen LogP contribution in [-0.2, 0) is 0 Å². The standard InChI is InChI=1S/C25H23ClFN5O3/c1-14-4-7-21(29-13-14)30-25(34)18-11-16(26)12-20(35-3)22(18)31-24(33)17-6-5-15(10-19(17)27)23-28-8-9-32(23)2/h4-7,10-13H,8-9H2,1-3H3,(H,31,33)(H,29,30,34). The summed E-state index contributed by atoms with van der Waals surface area (Å²) in [6.07, 6.45) is 1.61. The van der Waals surface area contributed by atoms with Crippen molar-refractivity contribution in [2.45, 2.75) is 6.92 Å². The van der Waals surface area contributed by atoms with Crippen LogP contribution < -0.4 is 15.4 Å². The summed E-state index contributed by atoms with van der Waals surface area (Å²) in [6.45, 7) is 3.26. The highest BCUT2D eigenvalue weighted by molar-refractivity contribution is 6.31. The molecule has 1 aromatic heterocycles. The number of amides is 2. The van der Waals surface area contributed by atoms with Crippen LogP contribution in [0.3, 0.4) is 0 Å². The monoisotopic (exact) mass is 495 g/mol. The van der Waals surface area contributed by atoms with Gasteiger partial charge in [0.25, 0.3) is 11.8 Å². The van der Waals surface area contributed by atoms with Crippen molar-refractivity contribution < 1.29 is 18.7 Å².